The normalized spacial score (nSPS) is 13.5. The molecule has 3 rings (SSSR count). The Labute approximate surface area is 140 Å². The van der Waals surface area contributed by atoms with Gasteiger partial charge in [0.2, 0.25) is 0 Å². The number of nitrogens with zero attached hydrogens (tertiary/aromatic N) is 2. The van der Waals surface area contributed by atoms with E-state index in [4.69, 9.17) is 0 Å². The zero-order valence-electron chi connectivity index (χ0n) is 13.5. The molecule has 0 unspecified atom stereocenters. The number of fused-ring (bicyclic) bond motifs is 1. The van der Waals surface area contributed by atoms with Crippen LogP contribution >= 0.6 is 0 Å². The molecule has 0 bridgehead atoms. The van der Waals surface area contributed by atoms with E-state index < -0.39 is 16.1 Å². The Balaban J connectivity index is 1.81. The maximum absolute atomic E-state index is 12.5. The number of aliphatic hydroxyl groups excluding tert-OH is 1. The molecule has 2 heterocycles. The first kappa shape index (κ1) is 16.7. The van der Waals surface area contributed by atoms with Crippen LogP contribution < -0.4 is 4.72 Å². The highest BCUT2D eigenvalue weighted by molar-refractivity contribution is 7.89. The van der Waals surface area contributed by atoms with E-state index in [1.54, 1.807) is 18.5 Å². The number of hydrogen-bond acceptors (Lipinski definition) is 4. The van der Waals surface area contributed by atoms with Gasteiger partial charge in [-0.1, -0.05) is 18.2 Å². The van der Waals surface area contributed by atoms with Crippen LogP contribution in [-0.4, -0.2) is 40.7 Å². The van der Waals surface area contributed by atoms with Crippen molar-refractivity contribution < 1.29 is 13.5 Å². The van der Waals surface area contributed by atoms with Gasteiger partial charge in [-0.25, -0.2) is 18.1 Å². The number of H-pyrrole nitrogens is 1. The van der Waals surface area contributed by atoms with Crippen LogP contribution in [0.25, 0.3) is 10.9 Å². The summed E-state index contributed by atoms with van der Waals surface area (Å²) in [7, 11) is -2.05. The van der Waals surface area contributed by atoms with Crippen molar-refractivity contribution in [2.45, 2.75) is 24.4 Å². The van der Waals surface area contributed by atoms with Crippen molar-refractivity contribution in [1.82, 2.24) is 19.3 Å². The summed E-state index contributed by atoms with van der Waals surface area (Å²) in [4.78, 5) is 7.19. The second kappa shape index (κ2) is 6.39. The second-order valence-corrected chi connectivity index (χ2v) is 7.46. The molecule has 8 heteroatoms. The topological polar surface area (TPSA) is 100 Å². The zero-order valence-corrected chi connectivity index (χ0v) is 14.3. The fourth-order valence-corrected chi connectivity index (χ4v) is 3.91. The molecule has 0 spiro atoms. The van der Waals surface area contributed by atoms with Gasteiger partial charge in [0.1, 0.15) is 5.82 Å². The standard InChI is InChI=1S/C16H20N4O3S/c1-11-18-16(9-20(11)2)24(22,23)19-13(10-21)7-12-8-17-15-6-4-3-5-14(12)15/h3-6,8-9,13,17,19,21H,7,10H2,1-2H3/t13-/m0/s1. The molecular formula is C16H20N4O3S. The van der Waals surface area contributed by atoms with E-state index in [2.05, 4.69) is 14.7 Å². The van der Waals surface area contributed by atoms with E-state index >= 15 is 0 Å². The molecule has 0 saturated heterocycles. The maximum atomic E-state index is 12.5. The summed E-state index contributed by atoms with van der Waals surface area (Å²) in [5.74, 6) is 0.604. The van der Waals surface area contributed by atoms with Crippen molar-refractivity contribution in [1.29, 1.82) is 0 Å². The Bertz CT molecular complexity index is 939. The average Bonchev–Trinajstić information content (AvgIpc) is 3.11. The number of aliphatic hydroxyl groups is 1. The van der Waals surface area contributed by atoms with Crippen molar-refractivity contribution in [3.05, 3.63) is 48.0 Å². The number of hydrogen-bond donors (Lipinski definition) is 3. The quantitative estimate of drug-likeness (QED) is 0.621. The van der Waals surface area contributed by atoms with Crippen molar-refractivity contribution in [2.24, 2.45) is 7.05 Å². The van der Waals surface area contributed by atoms with Gasteiger partial charge in [0.05, 0.1) is 6.61 Å². The molecule has 24 heavy (non-hydrogen) atoms. The Hall–Kier alpha value is -2.16. The van der Waals surface area contributed by atoms with Crippen molar-refractivity contribution in [3.8, 4) is 0 Å². The number of benzene rings is 1. The van der Waals surface area contributed by atoms with Gasteiger partial charge in [-0.15, -0.1) is 0 Å². The molecule has 0 aliphatic carbocycles. The predicted molar refractivity (Wildman–Crippen MR) is 91.1 cm³/mol. The van der Waals surface area contributed by atoms with Gasteiger partial charge < -0.3 is 14.7 Å². The molecule has 0 amide bonds. The lowest BCUT2D eigenvalue weighted by molar-refractivity contribution is 0.256. The van der Waals surface area contributed by atoms with Gasteiger partial charge in [-0.3, -0.25) is 0 Å². The number of aromatic nitrogens is 3. The SMILES string of the molecule is Cc1nc(S(=O)(=O)N[C@H](CO)Cc2c[nH]c3ccccc23)cn1C. The molecule has 3 N–H and O–H groups in total. The van der Waals surface area contributed by atoms with Crippen LogP contribution in [0.2, 0.25) is 0 Å². The molecule has 0 aliphatic rings. The summed E-state index contributed by atoms with van der Waals surface area (Å²) in [6, 6.07) is 7.14. The lowest BCUT2D eigenvalue weighted by Gasteiger charge is -2.15. The third-order valence-corrected chi connectivity index (χ3v) is 5.44. The fraction of sp³-hybridized carbons (Fsp3) is 0.312. The highest BCUT2D eigenvalue weighted by Gasteiger charge is 2.23. The number of nitrogens with one attached hydrogen (secondary N) is 2. The van der Waals surface area contributed by atoms with Crippen LogP contribution in [0.1, 0.15) is 11.4 Å². The molecule has 7 nitrogen and oxygen atoms in total. The van der Waals surface area contributed by atoms with E-state index in [9.17, 15) is 13.5 Å². The summed E-state index contributed by atoms with van der Waals surface area (Å²) in [6.45, 7) is 1.43. The maximum Gasteiger partial charge on any atom is 0.259 e. The van der Waals surface area contributed by atoms with Crippen molar-refractivity contribution in [3.63, 3.8) is 0 Å². The first-order valence-corrected chi connectivity index (χ1v) is 9.07. The number of aromatic amines is 1. The average molecular weight is 348 g/mol. The van der Waals surface area contributed by atoms with Gasteiger partial charge in [0.25, 0.3) is 10.0 Å². The summed E-state index contributed by atoms with van der Waals surface area (Å²) in [5, 5.41) is 10.6. The molecular weight excluding hydrogens is 328 g/mol. The second-order valence-electron chi connectivity index (χ2n) is 5.80. The first-order valence-electron chi connectivity index (χ1n) is 7.59. The third-order valence-electron chi connectivity index (χ3n) is 4.05. The van der Waals surface area contributed by atoms with Crippen molar-refractivity contribution in [2.75, 3.05) is 6.61 Å². The van der Waals surface area contributed by atoms with Gasteiger partial charge in [0.15, 0.2) is 5.03 Å². The van der Waals surface area contributed by atoms with Gasteiger partial charge in [-0.2, -0.15) is 0 Å². The monoisotopic (exact) mass is 348 g/mol. The van der Waals surface area contributed by atoms with Crippen LogP contribution in [0.3, 0.4) is 0 Å². The Morgan fingerprint density at radius 2 is 2.12 bits per heavy atom. The lowest BCUT2D eigenvalue weighted by Crippen LogP contribution is -2.39. The molecule has 128 valence electrons. The molecule has 1 aromatic carbocycles. The summed E-state index contributed by atoms with van der Waals surface area (Å²) in [5.41, 5.74) is 1.93. The van der Waals surface area contributed by atoms with Gasteiger partial charge in [-0.05, 0) is 25.0 Å². The smallest absolute Gasteiger partial charge is 0.259 e. The third kappa shape index (κ3) is 3.21. The number of imidazole rings is 1. The number of sulfonamides is 1. The minimum atomic E-state index is -3.78. The van der Waals surface area contributed by atoms with E-state index in [0.29, 0.717) is 12.2 Å². The molecule has 0 aliphatic heterocycles. The van der Waals surface area contributed by atoms with E-state index in [1.165, 1.54) is 6.20 Å². The van der Waals surface area contributed by atoms with E-state index in [-0.39, 0.29) is 11.6 Å². The lowest BCUT2D eigenvalue weighted by atomic mass is 10.1. The van der Waals surface area contributed by atoms with Gasteiger partial charge in [0, 0.05) is 36.4 Å². The van der Waals surface area contributed by atoms with Crippen LogP contribution in [0.4, 0.5) is 0 Å². The summed E-state index contributed by atoms with van der Waals surface area (Å²) in [6.07, 6.45) is 3.68. The molecule has 0 fully saturated rings. The Morgan fingerprint density at radius 3 is 2.79 bits per heavy atom. The number of para-hydroxylation sites is 1. The van der Waals surface area contributed by atoms with Crippen LogP contribution in [-0.2, 0) is 23.5 Å². The van der Waals surface area contributed by atoms with Gasteiger partial charge >= 0.3 is 0 Å². The number of aryl methyl sites for hydroxylation is 2. The minimum Gasteiger partial charge on any atom is -0.395 e. The minimum absolute atomic E-state index is 0.0418. The molecule has 2 aromatic heterocycles. The van der Waals surface area contributed by atoms with Crippen LogP contribution in [0, 0.1) is 6.92 Å². The summed E-state index contributed by atoms with van der Waals surface area (Å²) >= 11 is 0. The first-order chi connectivity index (χ1) is 11.4. The zero-order chi connectivity index (χ0) is 17.3. The Kier molecular flexibility index (Phi) is 4.44. The highest BCUT2D eigenvalue weighted by atomic mass is 32.2. The number of rotatable bonds is 6. The molecule has 0 radical (unpaired) electrons. The van der Waals surface area contributed by atoms with E-state index in [1.807, 2.05) is 30.5 Å². The van der Waals surface area contributed by atoms with E-state index in [0.717, 1.165) is 16.5 Å². The molecule has 3 aromatic rings. The van der Waals surface area contributed by atoms with Crippen molar-refractivity contribution >= 4 is 20.9 Å². The summed E-state index contributed by atoms with van der Waals surface area (Å²) < 4.78 is 29.1. The van der Waals surface area contributed by atoms with Crippen LogP contribution in [0.15, 0.2) is 41.7 Å². The predicted octanol–water partition coefficient (Wildman–Crippen LogP) is 1.09. The molecule has 1 atom stereocenters. The van der Waals surface area contributed by atoms with Crippen LogP contribution in [0.5, 0.6) is 0 Å². The fourth-order valence-electron chi connectivity index (χ4n) is 2.64. The highest BCUT2D eigenvalue weighted by Crippen LogP contribution is 2.19. The molecule has 0 saturated carbocycles. The Morgan fingerprint density at radius 1 is 1.38 bits per heavy atom. The largest absolute Gasteiger partial charge is 0.395 e.